The summed E-state index contributed by atoms with van der Waals surface area (Å²) in [5, 5.41) is 3.57. The topological polar surface area (TPSA) is 29.9 Å². The second-order valence-corrected chi connectivity index (χ2v) is 4.66. The first-order valence-corrected chi connectivity index (χ1v) is 6.18. The van der Waals surface area contributed by atoms with Crippen molar-refractivity contribution in [3.8, 4) is 0 Å². The number of benzene rings is 1. The quantitative estimate of drug-likeness (QED) is 0.848. The van der Waals surface area contributed by atoms with Crippen LogP contribution < -0.4 is 5.32 Å². The molecule has 1 aromatic heterocycles. The molecule has 0 unspecified atom stereocenters. The van der Waals surface area contributed by atoms with Crippen molar-refractivity contribution in [2.45, 2.75) is 32.0 Å². The van der Waals surface area contributed by atoms with E-state index in [-0.39, 0.29) is 0 Å². The number of rotatable bonds is 5. The molecule has 0 saturated heterocycles. The maximum atomic E-state index is 4.08. The average molecular weight is 227 g/mol. The summed E-state index contributed by atoms with van der Waals surface area (Å²) in [5.41, 5.74) is 2.77. The number of nitrogens with one attached hydrogen (secondary N) is 1. The van der Waals surface area contributed by atoms with E-state index in [0.29, 0.717) is 0 Å². The highest BCUT2D eigenvalue weighted by atomic mass is 15.0. The molecule has 3 heteroatoms. The van der Waals surface area contributed by atoms with E-state index in [0.717, 1.165) is 19.1 Å². The first-order valence-electron chi connectivity index (χ1n) is 6.18. The van der Waals surface area contributed by atoms with Crippen LogP contribution in [-0.2, 0) is 13.1 Å². The smallest absolute Gasteiger partial charge is 0.0949 e. The summed E-state index contributed by atoms with van der Waals surface area (Å²) >= 11 is 0. The lowest BCUT2D eigenvalue weighted by molar-refractivity contribution is 0.675. The van der Waals surface area contributed by atoms with Gasteiger partial charge in [-0.3, -0.25) is 0 Å². The van der Waals surface area contributed by atoms with E-state index in [1.165, 1.54) is 24.0 Å². The summed E-state index contributed by atoms with van der Waals surface area (Å²) in [6.07, 6.45) is 8.37. The monoisotopic (exact) mass is 227 g/mol. The second kappa shape index (κ2) is 4.72. The van der Waals surface area contributed by atoms with Gasteiger partial charge in [0.05, 0.1) is 6.33 Å². The first-order chi connectivity index (χ1) is 8.42. The predicted octanol–water partition coefficient (Wildman–Crippen LogP) is 2.18. The molecule has 0 spiro atoms. The minimum Gasteiger partial charge on any atom is -0.333 e. The fourth-order valence-electron chi connectivity index (χ4n) is 2.00. The summed E-state index contributed by atoms with van der Waals surface area (Å²) in [4.78, 5) is 4.08. The average Bonchev–Trinajstić information content (AvgIpc) is 3.05. The molecule has 0 atom stereocenters. The first kappa shape index (κ1) is 10.5. The van der Waals surface area contributed by atoms with Crippen molar-refractivity contribution in [1.82, 2.24) is 14.9 Å². The Labute approximate surface area is 101 Å². The standard InChI is InChI=1S/C14H17N3/c1-2-4-13(10-17-8-7-15-11-17)12(3-1)9-16-14-5-6-14/h1-4,7-8,11,14,16H,5-6,9-10H2. The lowest BCUT2D eigenvalue weighted by atomic mass is 10.1. The van der Waals surface area contributed by atoms with E-state index < -0.39 is 0 Å². The summed E-state index contributed by atoms with van der Waals surface area (Å²) < 4.78 is 2.11. The van der Waals surface area contributed by atoms with Gasteiger partial charge in [-0.2, -0.15) is 0 Å². The van der Waals surface area contributed by atoms with Gasteiger partial charge in [-0.05, 0) is 24.0 Å². The molecular formula is C14H17N3. The Hall–Kier alpha value is -1.61. The van der Waals surface area contributed by atoms with Crippen molar-refractivity contribution in [3.63, 3.8) is 0 Å². The molecule has 17 heavy (non-hydrogen) atoms. The van der Waals surface area contributed by atoms with E-state index >= 15 is 0 Å². The molecule has 2 aromatic rings. The molecule has 0 bridgehead atoms. The highest BCUT2D eigenvalue weighted by Gasteiger charge is 2.20. The Bertz CT molecular complexity index is 472. The van der Waals surface area contributed by atoms with Crippen molar-refractivity contribution in [1.29, 1.82) is 0 Å². The van der Waals surface area contributed by atoms with Crippen LogP contribution in [0.3, 0.4) is 0 Å². The van der Waals surface area contributed by atoms with Gasteiger partial charge in [0.2, 0.25) is 0 Å². The zero-order valence-electron chi connectivity index (χ0n) is 9.84. The van der Waals surface area contributed by atoms with Crippen LogP contribution in [0, 0.1) is 0 Å². The minimum atomic E-state index is 0.760. The predicted molar refractivity (Wildman–Crippen MR) is 67.6 cm³/mol. The third-order valence-corrected chi connectivity index (χ3v) is 3.19. The molecular weight excluding hydrogens is 210 g/mol. The van der Waals surface area contributed by atoms with Gasteiger partial charge in [0, 0.05) is 31.5 Å². The third-order valence-electron chi connectivity index (χ3n) is 3.19. The Morgan fingerprint density at radius 3 is 2.76 bits per heavy atom. The zero-order chi connectivity index (χ0) is 11.5. The molecule has 0 amide bonds. The molecule has 1 fully saturated rings. The highest BCUT2D eigenvalue weighted by molar-refractivity contribution is 5.27. The Morgan fingerprint density at radius 1 is 1.24 bits per heavy atom. The molecule has 88 valence electrons. The van der Waals surface area contributed by atoms with Crippen LogP contribution in [0.15, 0.2) is 43.0 Å². The molecule has 0 aliphatic heterocycles. The van der Waals surface area contributed by atoms with Gasteiger partial charge in [-0.25, -0.2) is 4.98 Å². The Kier molecular flexibility index (Phi) is 2.92. The number of imidazole rings is 1. The molecule has 3 nitrogen and oxygen atoms in total. The highest BCUT2D eigenvalue weighted by Crippen LogP contribution is 2.20. The van der Waals surface area contributed by atoms with Crippen molar-refractivity contribution in [3.05, 3.63) is 54.1 Å². The van der Waals surface area contributed by atoms with Gasteiger partial charge >= 0.3 is 0 Å². The summed E-state index contributed by atoms with van der Waals surface area (Å²) in [7, 11) is 0. The minimum absolute atomic E-state index is 0.760. The molecule has 1 aromatic carbocycles. The van der Waals surface area contributed by atoms with Crippen molar-refractivity contribution < 1.29 is 0 Å². The maximum Gasteiger partial charge on any atom is 0.0949 e. The van der Waals surface area contributed by atoms with Gasteiger partial charge < -0.3 is 9.88 Å². The molecule has 3 rings (SSSR count). The van der Waals surface area contributed by atoms with Gasteiger partial charge in [-0.1, -0.05) is 24.3 Å². The molecule has 0 radical (unpaired) electrons. The van der Waals surface area contributed by atoms with Crippen molar-refractivity contribution >= 4 is 0 Å². The fraction of sp³-hybridized carbons (Fsp3) is 0.357. The lowest BCUT2D eigenvalue weighted by Crippen LogP contribution is -2.17. The van der Waals surface area contributed by atoms with Crippen LogP contribution in [-0.4, -0.2) is 15.6 Å². The Balaban J connectivity index is 1.72. The van der Waals surface area contributed by atoms with Crippen LogP contribution >= 0.6 is 0 Å². The molecule has 1 N–H and O–H groups in total. The van der Waals surface area contributed by atoms with E-state index in [1.807, 2.05) is 18.7 Å². The van der Waals surface area contributed by atoms with Crippen molar-refractivity contribution in [2.75, 3.05) is 0 Å². The van der Waals surface area contributed by atoms with Crippen LogP contribution in [0.5, 0.6) is 0 Å². The van der Waals surface area contributed by atoms with E-state index in [4.69, 9.17) is 0 Å². The van der Waals surface area contributed by atoms with Gasteiger partial charge in [0.25, 0.3) is 0 Å². The summed E-state index contributed by atoms with van der Waals surface area (Å²) in [5.74, 6) is 0. The van der Waals surface area contributed by atoms with Gasteiger partial charge in [0.1, 0.15) is 0 Å². The van der Waals surface area contributed by atoms with Crippen LogP contribution in [0.25, 0.3) is 0 Å². The van der Waals surface area contributed by atoms with Crippen LogP contribution in [0.1, 0.15) is 24.0 Å². The third kappa shape index (κ3) is 2.74. The second-order valence-electron chi connectivity index (χ2n) is 4.66. The molecule has 1 heterocycles. The maximum absolute atomic E-state index is 4.08. The van der Waals surface area contributed by atoms with E-state index in [9.17, 15) is 0 Å². The normalized spacial score (nSPS) is 15.1. The fourth-order valence-corrected chi connectivity index (χ4v) is 2.00. The number of hydrogen-bond donors (Lipinski definition) is 1. The largest absolute Gasteiger partial charge is 0.333 e. The molecule has 1 aliphatic rings. The lowest BCUT2D eigenvalue weighted by Gasteiger charge is -2.10. The molecule has 1 aliphatic carbocycles. The van der Waals surface area contributed by atoms with E-state index in [1.54, 1.807) is 0 Å². The number of hydrogen-bond acceptors (Lipinski definition) is 2. The van der Waals surface area contributed by atoms with Crippen LogP contribution in [0.4, 0.5) is 0 Å². The zero-order valence-corrected chi connectivity index (χ0v) is 9.84. The number of nitrogens with zero attached hydrogens (tertiary/aromatic N) is 2. The summed E-state index contributed by atoms with van der Waals surface area (Å²) in [6.45, 7) is 1.89. The molecule has 1 saturated carbocycles. The Morgan fingerprint density at radius 2 is 2.06 bits per heavy atom. The van der Waals surface area contributed by atoms with Gasteiger partial charge in [-0.15, -0.1) is 0 Å². The summed E-state index contributed by atoms with van der Waals surface area (Å²) in [6, 6.07) is 9.39. The van der Waals surface area contributed by atoms with Crippen molar-refractivity contribution in [2.24, 2.45) is 0 Å². The SMILES string of the molecule is c1ccc(Cn2ccnc2)c(CNC2CC2)c1. The van der Waals surface area contributed by atoms with E-state index in [2.05, 4.69) is 39.1 Å². The number of aromatic nitrogens is 2. The van der Waals surface area contributed by atoms with Crippen LogP contribution in [0.2, 0.25) is 0 Å². The van der Waals surface area contributed by atoms with Gasteiger partial charge in [0.15, 0.2) is 0 Å².